The molecule has 0 radical (unpaired) electrons. The Hall–Kier alpha value is -2.82. The molecule has 0 aliphatic heterocycles. The molecule has 2 aromatic rings. The van der Waals surface area contributed by atoms with E-state index in [0.717, 1.165) is 12.6 Å². The lowest BCUT2D eigenvalue weighted by Gasteiger charge is -2.08. The van der Waals surface area contributed by atoms with Gasteiger partial charge in [0.15, 0.2) is 0 Å². The van der Waals surface area contributed by atoms with Crippen LogP contribution in [0, 0.1) is 0 Å². The number of benzene rings is 2. The average molecular weight is 434 g/mol. The van der Waals surface area contributed by atoms with Gasteiger partial charge in [0.25, 0.3) is 0 Å². The van der Waals surface area contributed by atoms with Crippen molar-refractivity contribution in [2.24, 2.45) is 0 Å². The quantitative estimate of drug-likeness (QED) is 0.152. The highest BCUT2D eigenvalue weighted by molar-refractivity contribution is 5.75. The lowest BCUT2D eigenvalue weighted by Crippen LogP contribution is -2.13. The number of aldehydes is 2. The lowest BCUT2D eigenvalue weighted by molar-refractivity contribution is -0.514. The molecule has 168 valence electrons. The molecule has 9 nitrogen and oxygen atoms in total. The van der Waals surface area contributed by atoms with Crippen molar-refractivity contribution in [3.8, 4) is 11.5 Å². The minimum Gasteiger partial charge on any atom is -0.491 e. The van der Waals surface area contributed by atoms with Crippen LogP contribution in [-0.2, 0) is 24.3 Å². The Labute approximate surface area is 180 Å². The molecule has 0 saturated heterocycles. The number of carbonyl (C=O) groups excluding carboxylic acids is 2. The summed E-state index contributed by atoms with van der Waals surface area (Å²) in [6.07, 6.45) is 1.53. The van der Waals surface area contributed by atoms with Crippen LogP contribution in [0.3, 0.4) is 0 Å². The topological polar surface area (TPSA) is 98.8 Å². The first-order chi connectivity index (χ1) is 15.3. The van der Waals surface area contributed by atoms with Gasteiger partial charge in [-0.3, -0.25) is 9.59 Å². The Balaban J connectivity index is 1.33. The third-order valence-corrected chi connectivity index (χ3v) is 3.70. The van der Waals surface area contributed by atoms with Crippen LogP contribution in [0.15, 0.2) is 48.5 Å². The molecular weight excluding hydrogens is 408 g/mol. The summed E-state index contributed by atoms with van der Waals surface area (Å²) in [5, 5.41) is 4.55. The number of hydrogen-bond donors (Lipinski definition) is 0. The lowest BCUT2D eigenvalue weighted by atomic mass is 10.2. The first-order valence-corrected chi connectivity index (χ1v) is 9.74. The monoisotopic (exact) mass is 434 g/mol. The molecule has 2 rings (SSSR count). The van der Waals surface area contributed by atoms with Gasteiger partial charge in [-0.1, -0.05) is 29.3 Å². The molecule has 0 unspecified atom stereocenters. The van der Waals surface area contributed by atoms with Gasteiger partial charge >= 0.3 is 0 Å². The predicted octanol–water partition coefficient (Wildman–Crippen LogP) is 2.68. The van der Waals surface area contributed by atoms with Crippen molar-refractivity contribution in [2.75, 3.05) is 52.9 Å². The first kappa shape index (κ1) is 24.4. The largest absolute Gasteiger partial charge is 0.491 e. The SMILES string of the molecule is O=Cc1cccc(OCCOCCOOOCCOCCOc2cccc(C=O)c2)c1. The van der Waals surface area contributed by atoms with E-state index in [1.54, 1.807) is 48.5 Å². The van der Waals surface area contributed by atoms with E-state index in [4.69, 9.17) is 28.7 Å². The Morgan fingerprint density at radius 3 is 1.48 bits per heavy atom. The van der Waals surface area contributed by atoms with E-state index in [1.807, 2.05) is 0 Å². The van der Waals surface area contributed by atoms with Gasteiger partial charge in [0.1, 0.15) is 50.5 Å². The van der Waals surface area contributed by atoms with Gasteiger partial charge < -0.3 is 18.9 Å². The molecule has 0 atom stereocenters. The Morgan fingerprint density at radius 2 is 1.03 bits per heavy atom. The molecule has 0 saturated carbocycles. The highest BCUT2D eigenvalue weighted by atomic mass is 17.5. The van der Waals surface area contributed by atoms with Gasteiger partial charge in [-0.25, -0.2) is 9.78 Å². The molecule has 2 aromatic carbocycles. The van der Waals surface area contributed by atoms with E-state index in [-0.39, 0.29) is 13.2 Å². The van der Waals surface area contributed by atoms with Crippen molar-refractivity contribution in [1.82, 2.24) is 0 Å². The number of carbonyl (C=O) groups is 2. The van der Waals surface area contributed by atoms with Crippen molar-refractivity contribution < 1.29 is 43.3 Å². The first-order valence-electron chi connectivity index (χ1n) is 9.74. The molecule has 31 heavy (non-hydrogen) atoms. The fourth-order valence-electron chi connectivity index (χ4n) is 2.28. The smallest absolute Gasteiger partial charge is 0.150 e. The van der Waals surface area contributed by atoms with Crippen LogP contribution < -0.4 is 9.47 Å². The van der Waals surface area contributed by atoms with Crippen molar-refractivity contribution in [3.05, 3.63) is 59.7 Å². The van der Waals surface area contributed by atoms with Gasteiger partial charge in [-0.2, -0.15) is 0 Å². The molecular formula is C22H26O9. The predicted molar refractivity (Wildman–Crippen MR) is 109 cm³/mol. The molecule has 0 amide bonds. The van der Waals surface area contributed by atoms with Crippen LogP contribution in [0.2, 0.25) is 0 Å². The Morgan fingerprint density at radius 1 is 0.581 bits per heavy atom. The summed E-state index contributed by atoms with van der Waals surface area (Å²) in [6, 6.07) is 13.8. The summed E-state index contributed by atoms with van der Waals surface area (Å²) in [5.41, 5.74) is 1.12. The van der Waals surface area contributed by atoms with Crippen LogP contribution in [0.5, 0.6) is 11.5 Å². The Bertz CT molecular complexity index is 703. The number of ether oxygens (including phenoxy) is 4. The van der Waals surface area contributed by atoms with Gasteiger partial charge in [0.2, 0.25) is 0 Å². The number of rotatable bonds is 18. The summed E-state index contributed by atoms with van der Waals surface area (Å²) < 4.78 is 21.6. The fourth-order valence-corrected chi connectivity index (χ4v) is 2.28. The van der Waals surface area contributed by atoms with Crippen LogP contribution in [0.1, 0.15) is 20.7 Å². The summed E-state index contributed by atoms with van der Waals surface area (Å²) in [6.45, 7) is 2.42. The molecule has 0 heterocycles. The van der Waals surface area contributed by atoms with Crippen molar-refractivity contribution in [1.29, 1.82) is 0 Å². The van der Waals surface area contributed by atoms with Crippen molar-refractivity contribution in [2.45, 2.75) is 0 Å². The summed E-state index contributed by atoms with van der Waals surface area (Å²) >= 11 is 0. The summed E-state index contributed by atoms with van der Waals surface area (Å²) in [5.74, 6) is 1.23. The third-order valence-electron chi connectivity index (χ3n) is 3.70. The Kier molecular flexibility index (Phi) is 12.6. The second-order valence-electron chi connectivity index (χ2n) is 6.01. The van der Waals surface area contributed by atoms with E-state index in [1.165, 1.54) is 0 Å². The van der Waals surface area contributed by atoms with E-state index in [0.29, 0.717) is 62.3 Å². The van der Waals surface area contributed by atoms with Gasteiger partial charge in [-0.05, 0) is 24.3 Å². The zero-order chi connectivity index (χ0) is 22.0. The van der Waals surface area contributed by atoms with Crippen LogP contribution >= 0.6 is 0 Å². The van der Waals surface area contributed by atoms with Crippen LogP contribution in [0.4, 0.5) is 0 Å². The van der Waals surface area contributed by atoms with Crippen molar-refractivity contribution >= 4 is 12.6 Å². The van der Waals surface area contributed by atoms with Crippen molar-refractivity contribution in [3.63, 3.8) is 0 Å². The minimum atomic E-state index is 0.190. The zero-order valence-corrected chi connectivity index (χ0v) is 17.1. The van der Waals surface area contributed by atoms with E-state index >= 15 is 0 Å². The molecule has 0 bridgehead atoms. The maximum atomic E-state index is 10.7. The molecule has 0 aromatic heterocycles. The molecule has 0 aliphatic carbocycles. The summed E-state index contributed by atoms with van der Waals surface area (Å²) in [7, 11) is 0. The second-order valence-corrected chi connectivity index (χ2v) is 6.01. The third kappa shape index (κ3) is 11.2. The zero-order valence-electron chi connectivity index (χ0n) is 17.1. The minimum absolute atomic E-state index is 0.190. The summed E-state index contributed by atoms with van der Waals surface area (Å²) in [4.78, 5) is 31.0. The highest BCUT2D eigenvalue weighted by Crippen LogP contribution is 2.12. The average Bonchev–Trinajstić information content (AvgIpc) is 2.81. The number of hydrogen-bond acceptors (Lipinski definition) is 9. The maximum absolute atomic E-state index is 10.7. The maximum Gasteiger partial charge on any atom is 0.150 e. The molecule has 0 fully saturated rings. The molecule has 0 spiro atoms. The molecule has 0 aliphatic rings. The van der Waals surface area contributed by atoms with Gasteiger partial charge in [0, 0.05) is 11.1 Å². The van der Waals surface area contributed by atoms with Crippen LogP contribution in [-0.4, -0.2) is 65.4 Å². The standard InChI is InChI=1S/C22H26O9/c23-17-19-3-1-5-21(15-19)27-11-7-25-9-13-29-31-30-14-10-26-8-12-28-22-6-2-4-20(16-22)18-24/h1-6,15-18H,7-14H2. The normalized spacial score (nSPS) is 10.6. The second kappa shape index (κ2) is 15.9. The highest BCUT2D eigenvalue weighted by Gasteiger charge is 1.98. The molecule has 9 heteroatoms. The van der Waals surface area contributed by atoms with E-state index < -0.39 is 0 Å². The van der Waals surface area contributed by atoms with Crippen LogP contribution in [0.25, 0.3) is 0 Å². The van der Waals surface area contributed by atoms with Gasteiger partial charge in [0.05, 0.1) is 26.4 Å². The van der Waals surface area contributed by atoms with E-state index in [9.17, 15) is 9.59 Å². The molecule has 0 N–H and O–H groups in total. The fraction of sp³-hybridized carbons (Fsp3) is 0.364. The van der Waals surface area contributed by atoms with E-state index in [2.05, 4.69) is 5.04 Å². The van der Waals surface area contributed by atoms with Gasteiger partial charge in [-0.15, -0.1) is 0 Å².